The molecule has 92 valence electrons. The van der Waals surface area contributed by atoms with Gasteiger partial charge in [0.15, 0.2) is 0 Å². The normalized spacial score (nSPS) is 12.3. The first-order chi connectivity index (χ1) is 6.95. The van der Waals surface area contributed by atoms with Gasteiger partial charge in [-0.2, -0.15) is 5.48 Å². The van der Waals surface area contributed by atoms with Crippen LogP contribution in [0.2, 0.25) is 0 Å². The number of hydrogen-bond acceptors (Lipinski definition) is 4. The maximum Gasteiger partial charge on any atom is 0.431 e. The molecule has 3 N–H and O–H groups in total. The lowest BCUT2D eigenvalue weighted by Crippen LogP contribution is -2.27. The van der Waals surface area contributed by atoms with E-state index in [0.717, 1.165) is 5.75 Å². The third kappa shape index (κ3) is 11.5. The Hall–Kier alpha value is -0.460. The molecule has 0 rings (SSSR count). The van der Waals surface area contributed by atoms with Crippen LogP contribution in [-0.2, 0) is 9.57 Å². The lowest BCUT2D eigenvalue weighted by molar-refractivity contribution is 0.0294. The molecule has 0 spiro atoms. The molecule has 0 aliphatic carbocycles. The van der Waals surface area contributed by atoms with Crippen LogP contribution in [0.15, 0.2) is 0 Å². The van der Waals surface area contributed by atoms with Gasteiger partial charge in [0, 0.05) is 5.75 Å². The first-order valence-electron chi connectivity index (χ1n) is 4.86. The molecule has 0 atom stereocenters. The van der Waals surface area contributed by atoms with Crippen molar-refractivity contribution >= 4 is 16.1 Å². The Labute approximate surface area is 93.0 Å². The Balaban J connectivity index is 3.34. The van der Waals surface area contributed by atoms with E-state index in [4.69, 9.17) is 15.3 Å². The summed E-state index contributed by atoms with van der Waals surface area (Å²) in [5, 5.41) is 0. The van der Waals surface area contributed by atoms with E-state index in [1.54, 1.807) is 0 Å². The van der Waals surface area contributed by atoms with Gasteiger partial charge in [0.05, 0.1) is 6.61 Å². The largest absolute Gasteiger partial charge is 0.447 e. The van der Waals surface area contributed by atoms with Crippen LogP contribution < -0.4 is 11.2 Å². The maximum atomic E-state index is 11.0. The molecule has 0 unspecified atom stereocenters. The quantitative estimate of drug-likeness (QED) is 0.505. The second kappa shape index (κ2) is 7.78. The van der Waals surface area contributed by atoms with Crippen molar-refractivity contribution in [3.05, 3.63) is 0 Å². The average molecular weight is 238 g/mol. The van der Waals surface area contributed by atoms with Crippen molar-refractivity contribution in [3.63, 3.8) is 0 Å². The van der Waals surface area contributed by atoms with Crippen LogP contribution >= 0.6 is 10.0 Å². The summed E-state index contributed by atoms with van der Waals surface area (Å²) >= 11 is 0. The molecule has 1 amide bonds. The number of amides is 1. The van der Waals surface area contributed by atoms with Crippen molar-refractivity contribution < 1.29 is 14.4 Å². The Kier molecular flexibility index (Phi) is 7.54. The van der Waals surface area contributed by atoms with Gasteiger partial charge in [0.2, 0.25) is 0 Å². The third-order valence-corrected chi connectivity index (χ3v) is 2.93. The molecule has 0 aromatic carbocycles. The van der Waals surface area contributed by atoms with Crippen LogP contribution in [0.5, 0.6) is 0 Å². The molecule has 15 heavy (non-hydrogen) atoms. The molecular weight excluding hydrogens is 216 g/mol. The van der Waals surface area contributed by atoms with Gasteiger partial charge in [-0.3, -0.25) is 4.84 Å². The number of hydroxylamine groups is 1. The van der Waals surface area contributed by atoms with E-state index in [1.165, 1.54) is 0 Å². The number of nitrogens with one attached hydrogen (secondary N) is 1. The van der Waals surface area contributed by atoms with Crippen molar-refractivity contribution in [1.29, 1.82) is 0 Å². The topological polar surface area (TPSA) is 73.6 Å². The minimum absolute atomic E-state index is 0.413. The molecule has 0 aromatic heterocycles. The molecule has 0 aromatic rings. The minimum atomic E-state index is -0.611. The minimum Gasteiger partial charge on any atom is -0.447 e. The molecule has 0 saturated carbocycles. The van der Waals surface area contributed by atoms with Gasteiger partial charge in [-0.05, 0) is 31.7 Å². The molecule has 0 fully saturated rings. The van der Waals surface area contributed by atoms with E-state index in [-0.39, 0.29) is 0 Å². The molecule has 5 nitrogen and oxygen atoms in total. The lowest BCUT2D eigenvalue weighted by Gasteiger charge is -2.24. The summed E-state index contributed by atoms with van der Waals surface area (Å²) in [7, 11) is -0.611. The Morgan fingerprint density at radius 3 is 2.53 bits per heavy atom. The fourth-order valence-corrected chi connectivity index (χ4v) is 1.26. The Bertz CT molecular complexity index is 183. The van der Waals surface area contributed by atoms with Crippen molar-refractivity contribution in [1.82, 2.24) is 5.48 Å². The van der Waals surface area contributed by atoms with E-state index in [9.17, 15) is 4.79 Å². The number of carbonyl (C=O) groups is 1. The van der Waals surface area contributed by atoms with Crippen LogP contribution in [0.3, 0.4) is 0 Å². The zero-order chi connectivity index (χ0) is 11.7. The molecule has 0 radical (unpaired) electrons. The number of ether oxygens (including phenoxy) is 1. The van der Waals surface area contributed by atoms with Gasteiger partial charge in [0.25, 0.3) is 0 Å². The highest BCUT2D eigenvalue weighted by Gasteiger charge is 2.06. The van der Waals surface area contributed by atoms with Crippen molar-refractivity contribution in [2.75, 3.05) is 44.3 Å². The van der Waals surface area contributed by atoms with Gasteiger partial charge >= 0.3 is 6.09 Å². The zero-order valence-corrected chi connectivity index (χ0v) is 10.6. The molecule has 6 heteroatoms. The highest BCUT2D eigenvalue weighted by molar-refractivity contribution is 8.32. The maximum absolute atomic E-state index is 11.0. The van der Waals surface area contributed by atoms with Crippen LogP contribution in [-0.4, -0.2) is 50.4 Å². The molecule has 0 bridgehead atoms. The summed E-state index contributed by atoms with van der Waals surface area (Å²) in [5.41, 5.74) is 7.45. The SMILES string of the molecule is CS(C)(C)CCOC(=O)NOCCCN. The van der Waals surface area contributed by atoms with E-state index >= 15 is 0 Å². The first-order valence-corrected chi connectivity index (χ1v) is 7.89. The highest BCUT2D eigenvalue weighted by atomic mass is 32.3. The predicted molar refractivity (Wildman–Crippen MR) is 64.3 cm³/mol. The van der Waals surface area contributed by atoms with Gasteiger partial charge in [-0.1, -0.05) is 0 Å². The smallest absolute Gasteiger partial charge is 0.431 e. The average Bonchev–Trinajstić information content (AvgIpc) is 2.10. The van der Waals surface area contributed by atoms with Crippen molar-refractivity contribution in [3.8, 4) is 0 Å². The summed E-state index contributed by atoms with van der Waals surface area (Å²) < 4.78 is 4.91. The number of nitrogens with two attached hydrogens (primary N) is 1. The molecule has 0 aliphatic rings. The van der Waals surface area contributed by atoms with Crippen LogP contribution in [0.25, 0.3) is 0 Å². The van der Waals surface area contributed by atoms with Crippen molar-refractivity contribution in [2.45, 2.75) is 6.42 Å². The summed E-state index contributed by atoms with van der Waals surface area (Å²) in [6, 6.07) is 0. The van der Waals surface area contributed by atoms with Gasteiger partial charge in [0.1, 0.15) is 6.61 Å². The fraction of sp³-hybridized carbons (Fsp3) is 0.889. The summed E-state index contributed by atoms with van der Waals surface area (Å²) in [4.78, 5) is 15.8. The van der Waals surface area contributed by atoms with E-state index in [1.807, 2.05) is 0 Å². The summed E-state index contributed by atoms with van der Waals surface area (Å²) in [5.74, 6) is 0.906. The fourth-order valence-electron chi connectivity index (χ4n) is 0.679. The molecule has 0 aliphatic heterocycles. The van der Waals surface area contributed by atoms with Crippen LogP contribution in [0.1, 0.15) is 6.42 Å². The monoisotopic (exact) mass is 238 g/mol. The first kappa shape index (κ1) is 14.5. The molecule has 0 saturated heterocycles. The second-order valence-electron chi connectivity index (χ2n) is 4.02. The van der Waals surface area contributed by atoms with Gasteiger partial charge in [-0.15, -0.1) is 0 Å². The van der Waals surface area contributed by atoms with E-state index in [2.05, 4.69) is 24.2 Å². The molecule has 0 heterocycles. The third-order valence-electron chi connectivity index (χ3n) is 1.53. The lowest BCUT2D eigenvalue weighted by atomic mass is 10.5. The van der Waals surface area contributed by atoms with Gasteiger partial charge < -0.3 is 10.5 Å². The Morgan fingerprint density at radius 2 is 2.00 bits per heavy atom. The standard InChI is InChI=1S/C9H22N2O3S/c1-15(2,3)8-7-13-9(12)11-14-6-4-5-10/h4-8,10H2,1-3H3,(H,11,12). The highest BCUT2D eigenvalue weighted by Crippen LogP contribution is 2.33. The Morgan fingerprint density at radius 1 is 1.33 bits per heavy atom. The predicted octanol–water partition coefficient (Wildman–Crippen LogP) is 0.687. The van der Waals surface area contributed by atoms with E-state index < -0.39 is 16.1 Å². The number of hydrogen-bond donors (Lipinski definition) is 2. The molecular formula is C9H22N2O3S. The summed E-state index contributed by atoms with van der Waals surface area (Å²) in [6.45, 7) is 1.39. The number of carbonyl (C=O) groups excluding carboxylic acids is 1. The van der Waals surface area contributed by atoms with Crippen LogP contribution in [0, 0.1) is 0 Å². The number of rotatable bonds is 7. The zero-order valence-electron chi connectivity index (χ0n) is 9.75. The van der Waals surface area contributed by atoms with Crippen molar-refractivity contribution in [2.24, 2.45) is 5.73 Å². The second-order valence-corrected chi connectivity index (χ2v) is 8.61. The summed E-state index contributed by atoms with van der Waals surface area (Å²) in [6.07, 6.45) is 6.70. The van der Waals surface area contributed by atoms with E-state index in [0.29, 0.717) is 26.2 Å². The van der Waals surface area contributed by atoms with Gasteiger partial charge in [-0.25, -0.2) is 14.8 Å². The van der Waals surface area contributed by atoms with Crippen LogP contribution in [0.4, 0.5) is 4.79 Å².